The fourth-order valence-electron chi connectivity index (χ4n) is 1.87. The third-order valence-electron chi connectivity index (χ3n) is 3.14. The summed E-state index contributed by atoms with van der Waals surface area (Å²) in [6.45, 7) is 11.1. The van der Waals surface area contributed by atoms with Gasteiger partial charge in [-0.2, -0.15) is 0 Å². The first-order valence-electron chi connectivity index (χ1n) is 6.31. The number of nitrogens with zero attached hydrogens (tertiary/aromatic N) is 2. The second-order valence-corrected chi connectivity index (χ2v) is 6.72. The Labute approximate surface area is 106 Å². The van der Waals surface area contributed by atoms with Crippen LogP contribution < -0.4 is 0 Å². The largest absolute Gasteiger partial charge is 0.324 e. The normalized spacial score (nSPS) is 17.8. The molecule has 0 N–H and O–H groups in total. The first-order chi connectivity index (χ1) is 7.63. The van der Waals surface area contributed by atoms with Crippen molar-refractivity contribution in [3.8, 4) is 0 Å². The van der Waals surface area contributed by atoms with Gasteiger partial charge in [0.1, 0.15) is 0 Å². The molecule has 94 valence electrons. The first-order valence-corrected chi connectivity index (χ1v) is 8.47. The highest BCUT2D eigenvalue weighted by atomic mass is 35.7. The van der Waals surface area contributed by atoms with Gasteiger partial charge >= 0.3 is 0 Å². The Morgan fingerprint density at radius 1 is 0.938 bits per heavy atom. The third kappa shape index (κ3) is 3.05. The van der Waals surface area contributed by atoms with Gasteiger partial charge in [0.2, 0.25) is 0 Å². The molecule has 1 rings (SSSR count). The maximum Gasteiger partial charge on any atom is 0.197 e. The molecule has 0 saturated heterocycles. The molecule has 0 aromatic rings. The van der Waals surface area contributed by atoms with Gasteiger partial charge < -0.3 is 9.34 Å². The van der Waals surface area contributed by atoms with Crippen LogP contribution in [0.4, 0.5) is 0 Å². The lowest BCUT2D eigenvalue weighted by Crippen LogP contribution is -2.16. The highest BCUT2D eigenvalue weighted by molar-refractivity contribution is 7.80. The minimum atomic E-state index is -0.629. The Morgan fingerprint density at radius 3 is 1.62 bits per heavy atom. The highest BCUT2D eigenvalue weighted by Crippen LogP contribution is 2.58. The minimum Gasteiger partial charge on any atom is -0.324 e. The lowest BCUT2D eigenvalue weighted by Gasteiger charge is -2.28. The van der Waals surface area contributed by atoms with Gasteiger partial charge in [0.25, 0.3) is 0 Å². The lowest BCUT2D eigenvalue weighted by atomic mass is 10.3. The van der Waals surface area contributed by atoms with Gasteiger partial charge in [-0.1, -0.05) is 26.7 Å². The molecule has 0 amide bonds. The number of hydrogen-bond donors (Lipinski definition) is 0. The van der Waals surface area contributed by atoms with Crippen molar-refractivity contribution in [2.45, 2.75) is 53.4 Å². The van der Waals surface area contributed by atoms with Crippen LogP contribution in [-0.2, 0) is 0 Å². The number of hydrogen-bond acceptors (Lipinski definition) is 2. The zero-order valence-electron chi connectivity index (χ0n) is 11.0. The van der Waals surface area contributed by atoms with Crippen molar-refractivity contribution in [2.75, 3.05) is 13.1 Å². The van der Waals surface area contributed by atoms with Gasteiger partial charge in [-0.15, -0.1) is 0 Å². The molecule has 0 aliphatic carbocycles. The van der Waals surface area contributed by atoms with Gasteiger partial charge in [-0.3, -0.25) is 0 Å². The van der Waals surface area contributed by atoms with Crippen molar-refractivity contribution in [1.82, 2.24) is 9.34 Å². The maximum atomic E-state index is 6.58. The van der Waals surface area contributed by atoms with E-state index >= 15 is 0 Å². The van der Waals surface area contributed by atoms with E-state index in [0.29, 0.717) is 0 Å². The molecule has 16 heavy (non-hydrogen) atoms. The Hall–Kier alpha value is 0.0600. The third-order valence-corrected chi connectivity index (χ3v) is 6.04. The van der Waals surface area contributed by atoms with E-state index in [9.17, 15) is 0 Å². The minimum absolute atomic E-state index is 0.629. The average molecular weight is 263 g/mol. The van der Waals surface area contributed by atoms with E-state index in [2.05, 4.69) is 37.0 Å². The predicted molar refractivity (Wildman–Crippen MR) is 74.4 cm³/mol. The Bertz CT molecular complexity index is 231. The van der Waals surface area contributed by atoms with Crippen LogP contribution in [0.5, 0.6) is 0 Å². The Kier molecular flexibility index (Phi) is 5.92. The molecule has 0 spiro atoms. The molecule has 0 aromatic carbocycles. The van der Waals surface area contributed by atoms with Crippen molar-refractivity contribution in [1.29, 1.82) is 0 Å². The summed E-state index contributed by atoms with van der Waals surface area (Å²) in [5.74, 6) is 0. The lowest BCUT2D eigenvalue weighted by molar-refractivity contribution is 0.522. The monoisotopic (exact) mass is 262 g/mol. The SMILES string of the molecule is CCCCN1C(C)=C(C)N(CCCC)P1Cl. The van der Waals surface area contributed by atoms with Crippen molar-refractivity contribution < 1.29 is 0 Å². The van der Waals surface area contributed by atoms with Crippen LogP contribution in [0, 0.1) is 0 Å². The molecule has 0 saturated carbocycles. The quantitative estimate of drug-likeness (QED) is 0.627. The molecule has 0 aromatic heterocycles. The van der Waals surface area contributed by atoms with Gasteiger partial charge in [0.05, 0.1) is 0 Å². The summed E-state index contributed by atoms with van der Waals surface area (Å²) >= 11 is 6.58. The van der Waals surface area contributed by atoms with Gasteiger partial charge in [0.15, 0.2) is 7.58 Å². The van der Waals surface area contributed by atoms with Crippen LogP contribution in [0.1, 0.15) is 53.4 Å². The zero-order chi connectivity index (χ0) is 12.1. The van der Waals surface area contributed by atoms with Crippen molar-refractivity contribution >= 4 is 18.8 Å². The highest BCUT2D eigenvalue weighted by Gasteiger charge is 2.32. The molecule has 0 unspecified atom stereocenters. The number of allylic oxidation sites excluding steroid dienone is 2. The molecule has 1 aliphatic heterocycles. The molecule has 1 aliphatic rings. The summed E-state index contributed by atoms with van der Waals surface area (Å²) in [6, 6.07) is 0. The van der Waals surface area contributed by atoms with Gasteiger partial charge in [-0.05, 0) is 37.9 Å². The van der Waals surface area contributed by atoms with E-state index in [0.717, 1.165) is 13.1 Å². The second kappa shape index (κ2) is 6.71. The van der Waals surface area contributed by atoms with Crippen molar-refractivity contribution in [3.05, 3.63) is 11.4 Å². The fraction of sp³-hybridized carbons (Fsp3) is 0.833. The van der Waals surface area contributed by atoms with Gasteiger partial charge in [0, 0.05) is 24.5 Å². The van der Waals surface area contributed by atoms with Crippen LogP contribution >= 0.6 is 18.8 Å². The van der Waals surface area contributed by atoms with E-state index in [-0.39, 0.29) is 0 Å². The number of unbranched alkanes of at least 4 members (excludes halogenated alkanes) is 2. The molecular weight excluding hydrogens is 239 g/mol. The van der Waals surface area contributed by atoms with E-state index in [1.807, 2.05) is 0 Å². The summed E-state index contributed by atoms with van der Waals surface area (Å²) in [6.07, 6.45) is 4.94. The average Bonchev–Trinajstić information content (AvgIpc) is 2.47. The molecule has 0 atom stereocenters. The topological polar surface area (TPSA) is 6.48 Å². The smallest absolute Gasteiger partial charge is 0.197 e. The Balaban J connectivity index is 2.63. The summed E-state index contributed by atoms with van der Waals surface area (Å²) < 4.78 is 4.79. The molecule has 2 nitrogen and oxygen atoms in total. The summed E-state index contributed by atoms with van der Waals surface area (Å²) in [4.78, 5) is 0. The number of halogens is 1. The van der Waals surface area contributed by atoms with E-state index in [1.54, 1.807) is 0 Å². The van der Waals surface area contributed by atoms with E-state index < -0.39 is 7.58 Å². The van der Waals surface area contributed by atoms with Crippen molar-refractivity contribution in [3.63, 3.8) is 0 Å². The summed E-state index contributed by atoms with van der Waals surface area (Å²) in [5.41, 5.74) is 2.76. The van der Waals surface area contributed by atoms with Crippen LogP contribution in [0.15, 0.2) is 11.4 Å². The molecule has 4 heteroatoms. The van der Waals surface area contributed by atoms with Gasteiger partial charge in [-0.25, -0.2) is 0 Å². The standard InChI is InChI=1S/C12H24ClN2P/c1-5-7-9-14-11(3)12(4)15(16(14)13)10-8-6-2/h5-10H2,1-4H3. The van der Waals surface area contributed by atoms with E-state index in [4.69, 9.17) is 11.2 Å². The summed E-state index contributed by atoms with van der Waals surface area (Å²) in [5, 5.41) is 0. The van der Waals surface area contributed by atoms with Crippen LogP contribution in [0.2, 0.25) is 0 Å². The summed E-state index contributed by atoms with van der Waals surface area (Å²) in [7, 11) is -0.629. The molecule has 0 radical (unpaired) electrons. The second-order valence-electron chi connectivity index (χ2n) is 4.36. The van der Waals surface area contributed by atoms with E-state index in [1.165, 1.54) is 37.1 Å². The number of rotatable bonds is 6. The maximum absolute atomic E-state index is 6.58. The molecular formula is C12H24ClN2P. The fourth-order valence-corrected chi connectivity index (χ4v) is 4.66. The van der Waals surface area contributed by atoms with Crippen molar-refractivity contribution in [2.24, 2.45) is 0 Å². The molecule has 0 bridgehead atoms. The van der Waals surface area contributed by atoms with Crippen LogP contribution in [0.3, 0.4) is 0 Å². The molecule has 1 heterocycles. The predicted octanol–water partition coefficient (Wildman–Crippen LogP) is 4.92. The zero-order valence-corrected chi connectivity index (χ0v) is 12.6. The Morgan fingerprint density at radius 2 is 1.31 bits per heavy atom. The first kappa shape index (κ1) is 14.1. The van der Waals surface area contributed by atoms with Crippen LogP contribution in [0.25, 0.3) is 0 Å². The van der Waals surface area contributed by atoms with Crippen LogP contribution in [-0.4, -0.2) is 22.4 Å². The molecule has 0 fully saturated rings.